The molecule has 1 nitrogen and oxygen atoms in total. The number of hydrogen-bond donors (Lipinski definition) is 0. The quantitative estimate of drug-likeness (QED) is 0.489. The Kier molecular flexibility index (Phi) is 6.76. The van der Waals surface area contributed by atoms with Gasteiger partial charge < -0.3 is 4.90 Å². The summed E-state index contributed by atoms with van der Waals surface area (Å²) in [6.45, 7) is 16.6. The van der Waals surface area contributed by atoms with Gasteiger partial charge >= 0.3 is 0 Å². The molecule has 1 fully saturated rings. The van der Waals surface area contributed by atoms with Crippen molar-refractivity contribution in [3.63, 3.8) is 0 Å². The highest BCUT2D eigenvalue weighted by Gasteiger charge is 2.23. The maximum absolute atomic E-state index is 2.54. The summed E-state index contributed by atoms with van der Waals surface area (Å²) in [6.07, 6.45) is 6.29. The van der Waals surface area contributed by atoms with Crippen LogP contribution in [-0.4, -0.2) is 13.1 Å². The minimum atomic E-state index is 0.246. The minimum Gasteiger partial charge on any atom is -0.372 e. The molecule has 0 aromatic heterocycles. The van der Waals surface area contributed by atoms with E-state index < -0.39 is 0 Å². The number of rotatable bonds is 6. The molecule has 1 unspecified atom stereocenters. The molecule has 0 N–H and O–H groups in total. The van der Waals surface area contributed by atoms with Crippen molar-refractivity contribution in [2.24, 2.45) is 10.8 Å². The van der Waals surface area contributed by atoms with E-state index in [2.05, 4.69) is 95.0 Å². The molecule has 158 valence electrons. The summed E-state index contributed by atoms with van der Waals surface area (Å²) in [5.74, 6) is 0.563. The van der Waals surface area contributed by atoms with Crippen LogP contribution in [0.1, 0.15) is 83.4 Å². The van der Waals surface area contributed by atoms with Gasteiger partial charge in [-0.05, 0) is 77.7 Å². The molecular weight excluding hydrogens is 350 g/mol. The standard InChI is InChI=1S/C28H41N/c1-22(27(2,3)4)25-12-10-11-24(19-25)21-28(5,6)20-23-13-15-26(16-14-23)29-17-8-7-9-18-29/h10-16,19,22H,7-9,17-18,20-21H2,1-6H3. The van der Waals surface area contributed by atoms with Crippen molar-refractivity contribution < 1.29 is 0 Å². The molecule has 1 aliphatic heterocycles. The summed E-state index contributed by atoms with van der Waals surface area (Å²) in [6, 6.07) is 18.7. The van der Waals surface area contributed by atoms with Crippen molar-refractivity contribution in [2.45, 2.75) is 79.6 Å². The monoisotopic (exact) mass is 391 g/mol. The summed E-state index contributed by atoms with van der Waals surface area (Å²) in [5, 5.41) is 0. The van der Waals surface area contributed by atoms with Gasteiger partial charge in [-0.2, -0.15) is 0 Å². The number of anilines is 1. The zero-order valence-electron chi connectivity index (χ0n) is 19.6. The SMILES string of the molecule is CC(c1cccc(CC(C)(C)Cc2ccc(N3CCCCC3)cc2)c1)C(C)(C)C. The molecule has 1 atom stereocenters. The fourth-order valence-corrected chi connectivity index (χ4v) is 4.62. The Morgan fingerprint density at radius 3 is 2.03 bits per heavy atom. The molecule has 1 heterocycles. The van der Waals surface area contributed by atoms with Crippen molar-refractivity contribution in [2.75, 3.05) is 18.0 Å². The predicted octanol–water partition coefficient (Wildman–Crippen LogP) is 7.64. The molecule has 0 saturated carbocycles. The van der Waals surface area contributed by atoms with Crippen LogP contribution in [-0.2, 0) is 12.8 Å². The lowest BCUT2D eigenvalue weighted by atomic mass is 9.76. The second-order valence-electron chi connectivity index (χ2n) is 11.1. The van der Waals surface area contributed by atoms with Gasteiger partial charge in [0.05, 0.1) is 0 Å². The van der Waals surface area contributed by atoms with Crippen molar-refractivity contribution in [1.29, 1.82) is 0 Å². The summed E-state index contributed by atoms with van der Waals surface area (Å²) < 4.78 is 0. The van der Waals surface area contributed by atoms with E-state index in [0.29, 0.717) is 11.3 Å². The Bertz CT molecular complexity index is 773. The van der Waals surface area contributed by atoms with Gasteiger partial charge in [-0.1, -0.05) is 77.9 Å². The molecule has 3 rings (SSSR count). The number of hydrogen-bond acceptors (Lipinski definition) is 1. The Morgan fingerprint density at radius 2 is 1.41 bits per heavy atom. The van der Waals surface area contributed by atoms with E-state index in [0.717, 1.165) is 12.8 Å². The molecule has 2 aromatic carbocycles. The van der Waals surface area contributed by atoms with Gasteiger partial charge in [0, 0.05) is 18.8 Å². The normalized spacial score (nSPS) is 16.7. The summed E-state index contributed by atoms with van der Waals surface area (Å²) in [4.78, 5) is 2.54. The maximum atomic E-state index is 2.54. The van der Waals surface area contributed by atoms with Crippen LogP contribution in [0.3, 0.4) is 0 Å². The van der Waals surface area contributed by atoms with Gasteiger partial charge in [0.15, 0.2) is 0 Å². The van der Waals surface area contributed by atoms with Crippen LogP contribution >= 0.6 is 0 Å². The third kappa shape index (κ3) is 6.11. The first kappa shape index (κ1) is 21.9. The van der Waals surface area contributed by atoms with Crippen LogP contribution in [0, 0.1) is 10.8 Å². The lowest BCUT2D eigenvalue weighted by Crippen LogP contribution is -2.29. The first-order valence-electron chi connectivity index (χ1n) is 11.6. The Balaban J connectivity index is 1.65. The zero-order valence-corrected chi connectivity index (χ0v) is 19.6. The molecule has 1 aliphatic rings. The van der Waals surface area contributed by atoms with Crippen molar-refractivity contribution in [3.05, 3.63) is 65.2 Å². The van der Waals surface area contributed by atoms with E-state index in [9.17, 15) is 0 Å². The van der Waals surface area contributed by atoms with E-state index in [1.54, 1.807) is 0 Å². The van der Waals surface area contributed by atoms with E-state index in [1.807, 2.05) is 0 Å². The predicted molar refractivity (Wildman–Crippen MR) is 128 cm³/mol. The van der Waals surface area contributed by atoms with Crippen LogP contribution in [0.4, 0.5) is 5.69 Å². The molecule has 0 amide bonds. The lowest BCUT2D eigenvalue weighted by molar-refractivity contribution is 0.338. The van der Waals surface area contributed by atoms with Crippen molar-refractivity contribution in [1.82, 2.24) is 0 Å². The molecule has 0 aliphatic carbocycles. The summed E-state index contributed by atoms with van der Waals surface area (Å²) in [7, 11) is 0. The van der Waals surface area contributed by atoms with Crippen molar-refractivity contribution in [3.8, 4) is 0 Å². The van der Waals surface area contributed by atoms with Gasteiger partial charge in [0.2, 0.25) is 0 Å². The largest absolute Gasteiger partial charge is 0.372 e. The Labute approximate surface area is 179 Å². The van der Waals surface area contributed by atoms with Gasteiger partial charge in [0.1, 0.15) is 0 Å². The molecule has 29 heavy (non-hydrogen) atoms. The smallest absolute Gasteiger partial charge is 0.0366 e. The molecule has 0 bridgehead atoms. The second kappa shape index (κ2) is 8.94. The molecule has 0 spiro atoms. The van der Waals surface area contributed by atoms with Gasteiger partial charge in [-0.3, -0.25) is 0 Å². The summed E-state index contributed by atoms with van der Waals surface area (Å²) >= 11 is 0. The third-order valence-corrected chi connectivity index (χ3v) is 6.77. The summed E-state index contributed by atoms with van der Waals surface area (Å²) in [5.41, 5.74) is 6.33. The average Bonchev–Trinajstić information content (AvgIpc) is 2.67. The number of piperidine rings is 1. The number of benzene rings is 2. The fraction of sp³-hybridized carbons (Fsp3) is 0.571. The van der Waals surface area contributed by atoms with Crippen molar-refractivity contribution >= 4 is 5.69 Å². The van der Waals surface area contributed by atoms with E-state index >= 15 is 0 Å². The van der Waals surface area contributed by atoms with Crippen LogP contribution < -0.4 is 4.90 Å². The third-order valence-electron chi connectivity index (χ3n) is 6.77. The van der Waals surface area contributed by atoms with Crippen LogP contribution in [0.15, 0.2) is 48.5 Å². The van der Waals surface area contributed by atoms with Crippen LogP contribution in [0.5, 0.6) is 0 Å². The molecule has 1 heteroatoms. The minimum absolute atomic E-state index is 0.246. The van der Waals surface area contributed by atoms with E-state index in [1.165, 1.54) is 54.7 Å². The molecular formula is C28H41N. The van der Waals surface area contributed by atoms with Crippen LogP contribution in [0.2, 0.25) is 0 Å². The van der Waals surface area contributed by atoms with E-state index in [4.69, 9.17) is 0 Å². The van der Waals surface area contributed by atoms with Gasteiger partial charge in [-0.15, -0.1) is 0 Å². The second-order valence-corrected chi connectivity index (χ2v) is 11.1. The fourth-order valence-electron chi connectivity index (χ4n) is 4.62. The highest BCUT2D eigenvalue weighted by molar-refractivity contribution is 5.48. The molecule has 1 saturated heterocycles. The first-order valence-corrected chi connectivity index (χ1v) is 11.6. The highest BCUT2D eigenvalue weighted by Crippen LogP contribution is 2.36. The maximum Gasteiger partial charge on any atom is 0.0366 e. The van der Waals surface area contributed by atoms with Gasteiger partial charge in [-0.25, -0.2) is 0 Å². The topological polar surface area (TPSA) is 3.24 Å². The molecule has 0 radical (unpaired) electrons. The number of nitrogens with zero attached hydrogens (tertiary/aromatic N) is 1. The zero-order chi connectivity index (χ0) is 21.1. The first-order chi connectivity index (χ1) is 13.6. The molecule has 2 aromatic rings. The Morgan fingerprint density at radius 1 is 0.793 bits per heavy atom. The van der Waals surface area contributed by atoms with Crippen LogP contribution in [0.25, 0.3) is 0 Å². The van der Waals surface area contributed by atoms with Gasteiger partial charge in [0.25, 0.3) is 0 Å². The highest BCUT2D eigenvalue weighted by atomic mass is 15.1. The van der Waals surface area contributed by atoms with E-state index in [-0.39, 0.29) is 5.41 Å². The average molecular weight is 392 g/mol. The lowest BCUT2D eigenvalue weighted by Gasteiger charge is -2.30. The Hall–Kier alpha value is -1.76.